The van der Waals surface area contributed by atoms with Gasteiger partial charge in [-0.2, -0.15) is 0 Å². The Kier molecular flexibility index (Phi) is 25.3. The third-order valence-corrected chi connectivity index (χ3v) is 38.4. The van der Waals surface area contributed by atoms with Gasteiger partial charge in [0.1, 0.15) is 0 Å². The molecule has 0 unspecified atom stereocenters. The van der Waals surface area contributed by atoms with Crippen molar-refractivity contribution in [2.24, 2.45) is 35.5 Å². The van der Waals surface area contributed by atoms with Crippen LogP contribution in [-0.4, -0.2) is 43.4 Å². The van der Waals surface area contributed by atoms with Crippen LogP contribution in [0.5, 0.6) is 0 Å². The van der Waals surface area contributed by atoms with Crippen molar-refractivity contribution < 1.29 is 0 Å². The summed E-state index contributed by atoms with van der Waals surface area (Å²) in [4.78, 5) is 0. The van der Waals surface area contributed by atoms with Crippen LogP contribution in [-0.2, 0) is 0 Å². The van der Waals surface area contributed by atoms with Crippen molar-refractivity contribution in [3.05, 3.63) is 0 Å². The van der Waals surface area contributed by atoms with Gasteiger partial charge in [-0.05, 0) is 0 Å². The van der Waals surface area contributed by atoms with E-state index in [1.165, 1.54) is 0 Å². The van der Waals surface area contributed by atoms with Gasteiger partial charge in [-0.3, -0.25) is 0 Å². The van der Waals surface area contributed by atoms with E-state index in [1.807, 2.05) is 0 Å². The molecule has 252 valence electrons. The van der Waals surface area contributed by atoms with Gasteiger partial charge in [-0.25, -0.2) is 0 Å². The third-order valence-electron chi connectivity index (χ3n) is 10.2. The molecule has 0 amide bonds. The molecule has 0 rings (SSSR count). The molecule has 0 N–H and O–H groups in total. The van der Waals surface area contributed by atoms with Gasteiger partial charge >= 0.3 is 153 Å². The van der Waals surface area contributed by atoms with Crippen molar-refractivity contribution in [2.45, 2.75) is 208 Å². The fraction of sp³-hybridized carbons (Fsp3) is 1.00. The Morgan fingerprint density at radius 3 is 0.429 bits per heavy atom. The van der Waals surface area contributed by atoms with E-state index < -0.39 is 0 Å². The molecular formula is C38H84Ge2Si2. The Labute approximate surface area is 285 Å². The zero-order valence-corrected chi connectivity index (χ0v) is 40.1. The SMILES string of the molecule is CC(C)[C]([Ge]=[Ge][C](C(C)C)(C(C)C)C(C)C)(C(C)C)C(C)C.CC(C)[Si](C(C)C)C(C)C.CC(C)[Si](C(C)C)C(C)C. The Hall–Kier alpha value is 1.52. The van der Waals surface area contributed by atoms with Crippen molar-refractivity contribution in [3.63, 3.8) is 0 Å². The smallest absolute Gasteiger partial charge is 0.0561 e. The summed E-state index contributed by atoms with van der Waals surface area (Å²) >= 11 is 0.242. The fourth-order valence-corrected chi connectivity index (χ4v) is 45.2. The summed E-state index contributed by atoms with van der Waals surface area (Å²) in [5, 5.41) is 0. The van der Waals surface area contributed by atoms with E-state index in [9.17, 15) is 0 Å². The van der Waals surface area contributed by atoms with Gasteiger partial charge < -0.3 is 0 Å². The molecule has 4 heteroatoms. The van der Waals surface area contributed by atoms with E-state index in [1.54, 1.807) is 0 Å². The van der Waals surface area contributed by atoms with Crippen molar-refractivity contribution >= 4 is 43.4 Å². The summed E-state index contributed by atoms with van der Waals surface area (Å²) in [6.07, 6.45) is 0. The van der Waals surface area contributed by atoms with Crippen LogP contribution in [0.2, 0.25) is 41.7 Å². The van der Waals surface area contributed by atoms with Crippen LogP contribution < -0.4 is 0 Å². The maximum absolute atomic E-state index is 2.50. The molecule has 0 aromatic carbocycles. The summed E-state index contributed by atoms with van der Waals surface area (Å²) in [7, 11) is -0.191. The van der Waals surface area contributed by atoms with Crippen LogP contribution in [0.3, 0.4) is 0 Å². The molecule has 4 radical (unpaired) electrons. The summed E-state index contributed by atoms with van der Waals surface area (Å²) in [5.74, 6) is 5.00. The third kappa shape index (κ3) is 14.5. The van der Waals surface area contributed by atoms with Crippen molar-refractivity contribution in [3.8, 4) is 0 Å². The summed E-state index contributed by atoms with van der Waals surface area (Å²) in [6.45, 7) is 58.4. The molecule has 0 aromatic rings. The molecule has 0 aliphatic heterocycles. The standard InChI is InChI=1S/C20H42Ge2.2C9H21Si/c1-13(2)19(14(3)4,15(5)6)21-22-20(16(7)8,17(9)10)18(11)12;2*1-7(2)10(8(3)4)9(5)6/h13-18H,1-12H3;2*7-9H,1-6H3. The zero-order chi connectivity index (χ0) is 34.5. The van der Waals surface area contributed by atoms with Gasteiger partial charge in [0.25, 0.3) is 0 Å². The summed E-state index contributed by atoms with van der Waals surface area (Å²) in [6, 6.07) is 0. The molecule has 0 bridgehead atoms. The van der Waals surface area contributed by atoms with Crippen LogP contribution >= 0.6 is 0 Å². The minimum Gasteiger partial charge on any atom is -0.0653 e. The van der Waals surface area contributed by atoms with Gasteiger partial charge in [-0.1, -0.05) is 116 Å². The molecule has 0 nitrogen and oxygen atoms in total. The first-order valence-electron chi connectivity index (χ1n) is 18.1. The number of rotatable bonds is 14. The van der Waals surface area contributed by atoms with Crippen molar-refractivity contribution in [1.82, 2.24) is 0 Å². The molecule has 42 heavy (non-hydrogen) atoms. The minimum atomic E-state index is -0.0957. The molecule has 0 fully saturated rings. The average molecular weight is 742 g/mol. The molecule has 0 saturated carbocycles. The van der Waals surface area contributed by atoms with Crippen LogP contribution in [0.1, 0.15) is 166 Å². The molecule has 0 aliphatic carbocycles. The quantitative estimate of drug-likeness (QED) is 0.156. The first kappa shape index (κ1) is 47.9. The average Bonchev–Trinajstić information content (AvgIpc) is 2.74. The van der Waals surface area contributed by atoms with E-state index >= 15 is 0 Å². The van der Waals surface area contributed by atoms with Gasteiger partial charge in [0.2, 0.25) is 0 Å². The van der Waals surface area contributed by atoms with Gasteiger partial charge in [0, 0.05) is 0 Å². The Morgan fingerprint density at radius 2 is 0.381 bits per heavy atom. The summed E-state index contributed by atoms with van der Waals surface area (Å²) < 4.78 is 1.29. The maximum atomic E-state index is 2.50. The molecule has 0 aliphatic rings. The second kappa shape index (κ2) is 22.2. The largest absolute Gasteiger partial charge is 0.0653 e. The minimum absolute atomic E-state index is 0.0957. The second-order valence-corrected chi connectivity index (χ2v) is 36.0. The molecule has 0 heterocycles. The van der Waals surface area contributed by atoms with E-state index in [4.69, 9.17) is 0 Å². The van der Waals surface area contributed by atoms with Crippen LogP contribution in [0.15, 0.2) is 0 Å². The molecule has 0 spiro atoms. The van der Waals surface area contributed by atoms with Crippen LogP contribution in [0.25, 0.3) is 0 Å². The Bertz CT molecular complexity index is 546. The number of hydrogen-bond donors (Lipinski definition) is 0. The predicted molar refractivity (Wildman–Crippen MR) is 208 cm³/mol. The Morgan fingerprint density at radius 1 is 0.262 bits per heavy atom. The molecule has 0 aromatic heterocycles. The van der Waals surface area contributed by atoms with Gasteiger partial charge in [0.15, 0.2) is 0 Å². The normalized spacial score (nSPS) is 13.8. The molecule has 0 saturated heterocycles. The first-order valence-corrected chi connectivity index (χ1v) is 30.1. The van der Waals surface area contributed by atoms with Crippen LogP contribution in [0, 0.1) is 35.5 Å². The predicted octanol–water partition coefficient (Wildman–Crippen LogP) is 14.0. The first-order chi connectivity index (χ1) is 18.8. The fourth-order valence-electron chi connectivity index (χ4n) is 9.08. The zero-order valence-electron chi connectivity index (χ0n) is 33.9. The van der Waals surface area contributed by atoms with Crippen LogP contribution in [0.4, 0.5) is 0 Å². The van der Waals surface area contributed by atoms with E-state index in [2.05, 4.69) is 166 Å². The second-order valence-electron chi connectivity index (χ2n) is 17.0. The monoisotopic (exact) mass is 744 g/mol. The maximum Gasteiger partial charge on any atom is 0.0561 e. The summed E-state index contributed by atoms with van der Waals surface area (Å²) in [5.41, 5.74) is 5.61. The van der Waals surface area contributed by atoms with Gasteiger partial charge in [-0.15, -0.1) is 0 Å². The number of hydrogen-bond acceptors (Lipinski definition) is 0. The molecular weight excluding hydrogens is 658 g/mol. The van der Waals surface area contributed by atoms with Gasteiger partial charge in [0.05, 0.1) is 17.6 Å². The van der Waals surface area contributed by atoms with E-state index in [0.717, 1.165) is 68.8 Å². The Balaban J connectivity index is -0.000000629. The van der Waals surface area contributed by atoms with E-state index in [-0.39, 0.29) is 43.4 Å². The molecule has 0 atom stereocenters. The van der Waals surface area contributed by atoms with Crippen molar-refractivity contribution in [2.75, 3.05) is 0 Å². The van der Waals surface area contributed by atoms with Crippen molar-refractivity contribution in [1.29, 1.82) is 0 Å². The topological polar surface area (TPSA) is 0 Å². The van der Waals surface area contributed by atoms with E-state index in [0.29, 0.717) is 8.49 Å².